The van der Waals surface area contributed by atoms with Gasteiger partial charge < -0.3 is 20.7 Å². The highest BCUT2D eigenvalue weighted by molar-refractivity contribution is 5.89. The summed E-state index contributed by atoms with van der Waals surface area (Å²) in [7, 11) is 0. The van der Waals surface area contributed by atoms with Gasteiger partial charge in [-0.2, -0.15) is 0 Å². The molecule has 2 saturated heterocycles. The van der Waals surface area contributed by atoms with Crippen LogP contribution in [0, 0.1) is 5.92 Å². The maximum Gasteiger partial charge on any atom is 0.242 e. The molecule has 19 heavy (non-hydrogen) atoms. The van der Waals surface area contributed by atoms with E-state index in [1.807, 2.05) is 0 Å². The molecule has 2 amide bonds. The third kappa shape index (κ3) is 3.25. The van der Waals surface area contributed by atoms with Gasteiger partial charge in [-0.05, 0) is 25.3 Å². The summed E-state index contributed by atoms with van der Waals surface area (Å²) in [4.78, 5) is 25.5. The van der Waals surface area contributed by atoms with Gasteiger partial charge in [-0.3, -0.25) is 9.59 Å². The van der Waals surface area contributed by atoms with Crippen molar-refractivity contribution in [3.63, 3.8) is 0 Å². The van der Waals surface area contributed by atoms with E-state index in [2.05, 4.69) is 12.2 Å². The molecule has 6 heteroatoms. The molecule has 2 fully saturated rings. The first-order valence-corrected chi connectivity index (χ1v) is 7.04. The third-order valence-electron chi connectivity index (χ3n) is 4.13. The van der Waals surface area contributed by atoms with Crippen LogP contribution in [0.1, 0.15) is 26.2 Å². The number of hydrogen-bond acceptors (Lipinski definition) is 4. The van der Waals surface area contributed by atoms with Gasteiger partial charge in [0.25, 0.3) is 0 Å². The van der Waals surface area contributed by atoms with Gasteiger partial charge in [0.1, 0.15) is 6.04 Å². The third-order valence-corrected chi connectivity index (χ3v) is 4.13. The van der Waals surface area contributed by atoms with Gasteiger partial charge in [-0.25, -0.2) is 0 Å². The summed E-state index contributed by atoms with van der Waals surface area (Å²) in [5.74, 6) is 0.0874. The minimum absolute atomic E-state index is 0.00903. The van der Waals surface area contributed by atoms with E-state index in [1.165, 1.54) is 0 Å². The summed E-state index contributed by atoms with van der Waals surface area (Å²) >= 11 is 0. The second-order valence-electron chi connectivity index (χ2n) is 5.33. The van der Waals surface area contributed by atoms with E-state index in [0.717, 1.165) is 25.8 Å². The standard InChI is InChI=1S/C13H23N3O3/c1-2-9-3-4-15-10(7-9)13(18)16-5-6-19-8-11(16)12(14)17/h9-11,15H,2-8H2,1H3,(H2,14,17). The summed E-state index contributed by atoms with van der Waals surface area (Å²) in [6.07, 6.45) is 3.05. The largest absolute Gasteiger partial charge is 0.377 e. The average molecular weight is 269 g/mol. The molecule has 108 valence electrons. The van der Waals surface area contributed by atoms with E-state index in [0.29, 0.717) is 19.1 Å². The molecule has 0 aromatic heterocycles. The van der Waals surface area contributed by atoms with Crippen LogP contribution >= 0.6 is 0 Å². The maximum absolute atomic E-state index is 12.5. The first kappa shape index (κ1) is 14.3. The quantitative estimate of drug-likeness (QED) is 0.722. The van der Waals surface area contributed by atoms with Gasteiger partial charge in [0.2, 0.25) is 11.8 Å². The maximum atomic E-state index is 12.5. The lowest BCUT2D eigenvalue weighted by Crippen LogP contribution is -2.60. The fourth-order valence-electron chi connectivity index (χ4n) is 2.86. The molecule has 2 aliphatic heterocycles. The molecule has 0 radical (unpaired) electrons. The number of nitrogens with two attached hydrogens (primary N) is 1. The number of morpholine rings is 1. The minimum atomic E-state index is -0.620. The summed E-state index contributed by atoms with van der Waals surface area (Å²) in [6.45, 7) is 4.14. The van der Waals surface area contributed by atoms with Gasteiger partial charge in [0, 0.05) is 6.54 Å². The molecule has 3 atom stereocenters. The summed E-state index contributed by atoms with van der Waals surface area (Å²) in [6, 6.07) is -0.802. The Morgan fingerprint density at radius 1 is 1.47 bits per heavy atom. The summed E-state index contributed by atoms with van der Waals surface area (Å²) in [5, 5.41) is 3.26. The Bertz CT molecular complexity index is 348. The molecular weight excluding hydrogens is 246 g/mol. The van der Waals surface area contributed by atoms with E-state index < -0.39 is 11.9 Å². The van der Waals surface area contributed by atoms with Gasteiger partial charge in [-0.1, -0.05) is 13.3 Å². The molecule has 3 N–H and O–H groups in total. The van der Waals surface area contributed by atoms with E-state index in [-0.39, 0.29) is 18.6 Å². The monoisotopic (exact) mass is 269 g/mol. The number of rotatable bonds is 3. The Balaban J connectivity index is 2.02. The van der Waals surface area contributed by atoms with Crippen LogP contribution in [0.25, 0.3) is 0 Å². The second-order valence-corrected chi connectivity index (χ2v) is 5.33. The Morgan fingerprint density at radius 2 is 2.26 bits per heavy atom. The molecule has 2 aliphatic rings. The lowest BCUT2D eigenvalue weighted by molar-refractivity contribution is -0.149. The zero-order chi connectivity index (χ0) is 13.8. The fourth-order valence-corrected chi connectivity index (χ4v) is 2.86. The number of primary amides is 1. The number of carbonyl (C=O) groups is 2. The highest BCUT2D eigenvalue weighted by Crippen LogP contribution is 2.21. The van der Waals surface area contributed by atoms with E-state index >= 15 is 0 Å². The van der Waals surface area contributed by atoms with Crippen LogP contribution in [0.2, 0.25) is 0 Å². The summed E-state index contributed by atoms with van der Waals surface area (Å²) in [5.41, 5.74) is 5.35. The second kappa shape index (κ2) is 6.34. The van der Waals surface area contributed by atoms with Crippen LogP contribution in [0.5, 0.6) is 0 Å². The molecule has 0 aromatic carbocycles. The van der Waals surface area contributed by atoms with Gasteiger partial charge >= 0.3 is 0 Å². The van der Waals surface area contributed by atoms with Crippen molar-refractivity contribution in [2.24, 2.45) is 11.7 Å². The SMILES string of the molecule is CCC1CCNC(C(=O)N2CCOCC2C(N)=O)C1. The van der Waals surface area contributed by atoms with Gasteiger partial charge in [-0.15, -0.1) is 0 Å². The topological polar surface area (TPSA) is 84.7 Å². The number of ether oxygens (including phenoxy) is 1. The van der Waals surface area contributed by atoms with Crippen LogP contribution in [0.15, 0.2) is 0 Å². The Labute approximate surface area is 113 Å². The summed E-state index contributed by atoms with van der Waals surface area (Å²) < 4.78 is 5.24. The van der Waals surface area contributed by atoms with Crippen molar-refractivity contribution in [2.75, 3.05) is 26.3 Å². The number of piperidine rings is 1. The lowest BCUT2D eigenvalue weighted by atomic mass is 9.89. The predicted molar refractivity (Wildman–Crippen MR) is 70.3 cm³/mol. The first-order chi connectivity index (χ1) is 9.13. The van der Waals surface area contributed by atoms with Crippen molar-refractivity contribution >= 4 is 11.8 Å². The molecule has 0 spiro atoms. The predicted octanol–water partition coefficient (Wildman–Crippen LogP) is -0.523. The molecule has 0 bridgehead atoms. The average Bonchev–Trinajstić information content (AvgIpc) is 2.46. The van der Waals surface area contributed by atoms with Crippen molar-refractivity contribution < 1.29 is 14.3 Å². The number of amides is 2. The van der Waals surface area contributed by atoms with Crippen LogP contribution in [0.3, 0.4) is 0 Å². The molecule has 0 aromatic rings. The molecule has 0 saturated carbocycles. The van der Waals surface area contributed by atoms with E-state index in [9.17, 15) is 9.59 Å². The number of carbonyl (C=O) groups excluding carboxylic acids is 2. The van der Waals surface area contributed by atoms with E-state index in [4.69, 9.17) is 10.5 Å². The molecule has 2 rings (SSSR count). The van der Waals surface area contributed by atoms with Crippen LogP contribution in [0.4, 0.5) is 0 Å². The number of hydrogen-bond donors (Lipinski definition) is 2. The Morgan fingerprint density at radius 3 is 2.95 bits per heavy atom. The lowest BCUT2D eigenvalue weighted by Gasteiger charge is -2.38. The van der Waals surface area contributed by atoms with Crippen molar-refractivity contribution in [1.29, 1.82) is 0 Å². The van der Waals surface area contributed by atoms with Crippen LogP contribution in [-0.4, -0.2) is 55.1 Å². The van der Waals surface area contributed by atoms with Gasteiger partial charge in [0.05, 0.1) is 19.3 Å². The molecule has 6 nitrogen and oxygen atoms in total. The van der Waals surface area contributed by atoms with Gasteiger partial charge in [0.15, 0.2) is 0 Å². The van der Waals surface area contributed by atoms with Crippen molar-refractivity contribution in [3.05, 3.63) is 0 Å². The Kier molecular flexibility index (Phi) is 4.76. The normalized spacial score (nSPS) is 32.1. The highest BCUT2D eigenvalue weighted by atomic mass is 16.5. The first-order valence-electron chi connectivity index (χ1n) is 7.04. The fraction of sp³-hybridized carbons (Fsp3) is 0.846. The van der Waals surface area contributed by atoms with Crippen molar-refractivity contribution in [3.8, 4) is 0 Å². The molecular formula is C13H23N3O3. The number of nitrogens with zero attached hydrogens (tertiary/aromatic N) is 1. The minimum Gasteiger partial charge on any atom is -0.377 e. The zero-order valence-electron chi connectivity index (χ0n) is 11.4. The highest BCUT2D eigenvalue weighted by Gasteiger charge is 2.36. The zero-order valence-corrected chi connectivity index (χ0v) is 11.4. The molecule has 2 heterocycles. The van der Waals surface area contributed by atoms with Crippen LogP contribution < -0.4 is 11.1 Å². The van der Waals surface area contributed by atoms with Crippen LogP contribution in [-0.2, 0) is 14.3 Å². The smallest absolute Gasteiger partial charge is 0.242 e. The molecule has 3 unspecified atom stereocenters. The number of nitrogens with one attached hydrogen (secondary N) is 1. The van der Waals surface area contributed by atoms with Crippen molar-refractivity contribution in [2.45, 2.75) is 38.3 Å². The molecule has 0 aliphatic carbocycles. The van der Waals surface area contributed by atoms with Crippen molar-refractivity contribution in [1.82, 2.24) is 10.2 Å². The van der Waals surface area contributed by atoms with E-state index in [1.54, 1.807) is 4.90 Å². The Hall–Kier alpha value is -1.14.